The van der Waals surface area contributed by atoms with Crippen LogP contribution in [0.1, 0.15) is 210 Å². The fourth-order valence-corrected chi connectivity index (χ4v) is 14.8. The molecule has 0 saturated carbocycles. The van der Waals surface area contributed by atoms with Gasteiger partial charge in [0.1, 0.15) is 73.3 Å². The Morgan fingerprint density at radius 1 is 0.443 bits per heavy atom. The normalized spacial score (nSPS) is 14.3. The molecule has 9 atom stereocenters. The van der Waals surface area contributed by atoms with Crippen molar-refractivity contribution >= 4 is 116 Å². The second kappa shape index (κ2) is 61.8. The summed E-state index contributed by atoms with van der Waals surface area (Å²) in [4.78, 5) is 216. The molecule has 1 aromatic heterocycles. The Kier molecular flexibility index (Phi) is 51.8. The lowest BCUT2D eigenvalue weighted by Gasteiger charge is -2.31. The zero-order valence-electron chi connectivity index (χ0n) is 74.5. The topological polar surface area (TPSA) is 620 Å². The van der Waals surface area contributed by atoms with Crippen LogP contribution in [0.15, 0.2) is 85.1 Å². The van der Waals surface area contributed by atoms with Gasteiger partial charge in [-0.15, -0.1) is 0 Å². The molecule has 1 aliphatic heterocycles. The largest absolute Gasteiger partial charge is 0.481 e. The number of aromatic amines is 1. The van der Waals surface area contributed by atoms with Crippen LogP contribution in [-0.4, -0.2) is 265 Å². The standard InChI is InChI=1S/C89H131N13O28S/c1-3-5-30-65(82(114)100-72(55-80(111)112)86(118)98-68(81(90)113)51-59-27-20-19-21-28-59)96-84(116)70(53-61-56-93-64-32-25-24-29-63(61)64)101-87(119)73-33-26-44-102(73)88(120)66(31-6-4-2)97-83(115)69(52-60-36-38-62(39-37-60)130-131(123,124)125)99-85(117)71(54-79(109)110)95-77(106)58-129-50-48-127-46-43-92-76(105)57-128-49-47-126-45-42-91-74(103)41-40-67(89(121)122)94-75(104)34-22-17-15-13-11-9-7-8-10-12-14-16-18-23-35-78(107)108/h19-21,24-25,27-29,32,36-39,56,65-73,93H,3-18,22-23,26,30-31,33-35,40-55,57-58H2,1-2H3,(H2,90,113)(H,91,103)(H,92,105)(H,94,104)(H,95,106)(H,96,116)(H,97,115)(H,98,118)(H,99,117)(H,100,114)(H,101,119)(H,107,108)(H,109,110)(H,111,112)(H,121,122)(H,123,124,125)/t65-,66-,67-,68-,69-,70-,71-,72-,73-/m0/s1. The molecule has 42 heteroatoms. The quantitative estimate of drug-likeness (QED) is 0.0222. The average molecular weight is 1860 g/mol. The molecule has 41 nitrogen and oxygen atoms in total. The third-order valence-corrected chi connectivity index (χ3v) is 21.8. The molecule has 1 saturated heterocycles. The van der Waals surface area contributed by atoms with Gasteiger partial charge in [-0.2, -0.15) is 8.42 Å². The zero-order valence-corrected chi connectivity index (χ0v) is 75.4. The van der Waals surface area contributed by atoms with E-state index in [-0.39, 0.29) is 147 Å². The van der Waals surface area contributed by atoms with E-state index in [4.69, 9.17) is 29.8 Å². The maximum absolute atomic E-state index is 15.1. The van der Waals surface area contributed by atoms with Crippen molar-refractivity contribution in [3.8, 4) is 5.75 Å². The number of fused-ring (bicyclic) bond motifs is 1. The molecule has 0 bridgehead atoms. The van der Waals surface area contributed by atoms with Crippen LogP contribution in [-0.2, 0) is 125 Å². The van der Waals surface area contributed by atoms with E-state index in [0.717, 1.165) is 69.9 Å². The molecule has 5 rings (SSSR count). The minimum atomic E-state index is -4.99. The lowest BCUT2D eigenvalue weighted by atomic mass is 10.0. The van der Waals surface area contributed by atoms with E-state index in [2.05, 4.69) is 62.3 Å². The maximum Gasteiger partial charge on any atom is 0.446 e. The molecule has 1 fully saturated rings. The number of ether oxygens (including phenoxy) is 4. The second-order valence-electron chi connectivity index (χ2n) is 32.0. The van der Waals surface area contributed by atoms with Crippen molar-refractivity contribution < 1.29 is 133 Å². The number of amides is 12. The number of unbranched alkanes of at least 4 members (excludes halogenated alkanes) is 15. The Hall–Kier alpha value is -11.7. The predicted octanol–water partition coefficient (Wildman–Crippen LogP) is 3.55. The number of carboxylic acids is 4. The number of hydrogen-bond acceptors (Lipinski definition) is 23. The minimum Gasteiger partial charge on any atom is -0.481 e. The summed E-state index contributed by atoms with van der Waals surface area (Å²) in [7, 11) is -4.99. The number of nitrogens with zero attached hydrogens (tertiary/aromatic N) is 1. The van der Waals surface area contributed by atoms with Gasteiger partial charge in [-0.05, 0) is 79.8 Å². The van der Waals surface area contributed by atoms with Crippen LogP contribution in [0.5, 0.6) is 5.75 Å². The highest BCUT2D eigenvalue weighted by atomic mass is 32.3. The van der Waals surface area contributed by atoms with E-state index < -0.39 is 180 Å². The molecule has 3 aromatic carbocycles. The molecular weight excluding hydrogens is 1730 g/mol. The van der Waals surface area contributed by atoms with Crippen LogP contribution in [0.25, 0.3) is 10.9 Å². The minimum absolute atomic E-state index is 0.00703. The summed E-state index contributed by atoms with van der Waals surface area (Å²) in [5.74, 6) is -15.4. The first-order chi connectivity index (χ1) is 62.7. The fourth-order valence-electron chi connectivity index (χ4n) is 14.4. The van der Waals surface area contributed by atoms with Crippen LogP contribution < -0.4 is 63.1 Å². The molecule has 0 spiro atoms. The number of aliphatic carboxylic acids is 4. The van der Waals surface area contributed by atoms with Crippen LogP contribution >= 0.6 is 0 Å². The van der Waals surface area contributed by atoms with Crippen LogP contribution in [0.2, 0.25) is 0 Å². The summed E-state index contributed by atoms with van der Waals surface area (Å²) in [6.45, 7) is 2.55. The van der Waals surface area contributed by atoms with E-state index in [1.807, 2.05) is 6.92 Å². The van der Waals surface area contributed by atoms with Crippen LogP contribution in [0.4, 0.5) is 0 Å². The van der Waals surface area contributed by atoms with Crippen molar-refractivity contribution in [2.24, 2.45) is 5.73 Å². The molecule has 0 unspecified atom stereocenters. The lowest BCUT2D eigenvalue weighted by Crippen LogP contribution is -2.60. The van der Waals surface area contributed by atoms with E-state index in [1.54, 1.807) is 67.7 Å². The van der Waals surface area contributed by atoms with E-state index in [0.29, 0.717) is 54.1 Å². The number of nitrogens with two attached hydrogens (primary N) is 1. The molecule has 0 radical (unpaired) electrons. The summed E-state index contributed by atoms with van der Waals surface area (Å²) in [5, 5.41) is 64.4. The van der Waals surface area contributed by atoms with Gasteiger partial charge < -0.3 is 112 Å². The SMILES string of the molecule is CCCC[C@H](NC(=O)[C@H](Cc1c[nH]c2ccccc12)NC(=O)[C@@H]1CCCN1C(=O)[C@H](CCCC)NC(=O)[C@H](Cc1ccc(OS(=O)(=O)O)cc1)NC(=O)[C@H](CC(=O)O)NC(=O)COCCOCCNC(=O)COCCOCCNC(=O)CC[C@H](NC(=O)CCCCCCCCCCCCCCCCC(=O)O)C(=O)O)C(=O)N[C@@H](CC(=O)O)C(=O)N[C@@H](Cc1ccccc1)C(N)=O. The number of carboxylic acid groups (broad SMARTS) is 4. The fraction of sp³-hybridized carbons (Fsp3) is 0.596. The number of aromatic nitrogens is 1. The van der Waals surface area contributed by atoms with Gasteiger partial charge in [-0.3, -0.25) is 76.5 Å². The Morgan fingerprint density at radius 2 is 0.901 bits per heavy atom. The number of rotatable bonds is 71. The number of primary amides is 1. The first-order valence-electron chi connectivity index (χ1n) is 44.8. The van der Waals surface area contributed by atoms with E-state index in [9.17, 15) is 100 Å². The van der Waals surface area contributed by atoms with Gasteiger partial charge in [-0.1, -0.05) is 177 Å². The number of hydrogen-bond donors (Lipinski definition) is 17. The summed E-state index contributed by atoms with van der Waals surface area (Å²) in [6, 6.07) is 6.83. The number of carbonyl (C=O) groups excluding carboxylic acids is 12. The number of likely N-dealkylation sites (tertiary alicyclic amines) is 1. The maximum atomic E-state index is 15.1. The lowest BCUT2D eigenvalue weighted by molar-refractivity contribution is -0.143. The Labute approximate surface area is 761 Å². The summed E-state index contributed by atoms with van der Waals surface area (Å²) >= 11 is 0. The highest BCUT2D eigenvalue weighted by molar-refractivity contribution is 7.81. The molecule has 12 amide bonds. The highest BCUT2D eigenvalue weighted by Crippen LogP contribution is 2.25. The third-order valence-electron chi connectivity index (χ3n) is 21.4. The Balaban J connectivity index is 1.09. The van der Waals surface area contributed by atoms with Gasteiger partial charge in [0.2, 0.25) is 70.9 Å². The summed E-state index contributed by atoms with van der Waals surface area (Å²) < 4.78 is 58.6. The third kappa shape index (κ3) is 45.6. The molecular formula is C89H131N13O28S. The molecule has 726 valence electrons. The average Bonchev–Trinajstić information content (AvgIpc) is 1.69. The van der Waals surface area contributed by atoms with E-state index in [1.165, 1.54) is 42.7 Å². The Morgan fingerprint density at radius 3 is 1.46 bits per heavy atom. The predicted molar refractivity (Wildman–Crippen MR) is 475 cm³/mol. The first kappa shape index (κ1) is 110. The first-order valence-corrected chi connectivity index (χ1v) is 46.2. The molecule has 0 aliphatic carbocycles. The molecule has 4 aromatic rings. The van der Waals surface area contributed by atoms with Crippen molar-refractivity contribution in [2.45, 2.75) is 267 Å². The van der Waals surface area contributed by atoms with Gasteiger partial charge >= 0.3 is 34.3 Å². The number of H-pyrrole nitrogens is 1. The van der Waals surface area contributed by atoms with Crippen molar-refractivity contribution in [3.05, 3.63) is 102 Å². The number of para-hydroxylation sites is 1. The van der Waals surface area contributed by atoms with Gasteiger partial charge in [-0.25, -0.2) is 4.79 Å². The van der Waals surface area contributed by atoms with Crippen molar-refractivity contribution in [2.75, 3.05) is 72.5 Å². The Bertz CT molecular complexity index is 4430. The van der Waals surface area contributed by atoms with Crippen LogP contribution in [0, 0.1) is 0 Å². The van der Waals surface area contributed by atoms with Gasteiger partial charge in [0.25, 0.3) is 0 Å². The monoisotopic (exact) mass is 1860 g/mol. The number of nitrogens with one attached hydrogen (secondary N) is 11. The van der Waals surface area contributed by atoms with Gasteiger partial charge in [0, 0.05) is 75.3 Å². The molecule has 18 N–H and O–H groups in total. The van der Waals surface area contributed by atoms with Crippen molar-refractivity contribution in [3.63, 3.8) is 0 Å². The van der Waals surface area contributed by atoms with Crippen LogP contribution in [0.3, 0.4) is 0 Å². The summed E-state index contributed by atoms with van der Waals surface area (Å²) in [6.07, 6.45) is 15.4. The zero-order chi connectivity index (χ0) is 95.9. The van der Waals surface area contributed by atoms with Gasteiger partial charge in [0.15, 0.2) is 0 Å². The highest BCUT2D eigenvalue weighted by Gasteiger charge is 2.41. The summed E-state index contributed by atoms with van der Waals surface area (Å²) in [5.41, 5.74) is 7.69. The second-order valence-corrected chi connectivity index (χ2v) is 33.1. The molecule has 2 heterocycles. The smallest absolute Gasteiger partial charge is 0.446 e. The molecule has 131 heavy (non-hydrogen) atoms. The molecule has 1 aliphatic rings. The van der Waals surface area contributed by atoms with E-state index >= 15 is 4.79 Å². The van der Waals surface area contributed by atoms with Crippen molar-refractivity contribution in [1.82, 2.24) is 63.1 Å². The van der Waals surface area contributed by atoms with Crippen molar-refractivity contribution in [1.29, 1.82) is 0 Å². The number of carbonyl (C=O) groups is 16. The number of benzene rings is 3. The van der Waals surface area contributed by atoms with Gasteiger partial charge in [0.05, 0.1) is 52.5 Å².